The van der Waals surface area contributed by atoms with Gasteiger partial charge in [-0.1, -0.05) is 25.4 Å². The van der Waals surface area contributed by atoms with Crippen molar-refractivity contribution >= 4 is 34.8 Å². The molecule has 0 heterocycles. The van der Waals surface area contributed by atoms with Crippen molar-refractivity contribution in [2.24, 2.45) is 5.92 Å². The second kappa shape index (κ2) is 9.99. The summed E-state index contributed by atoms with van der Waals surface area (Å²) in [6, 6.07) is 12.0. The number of hydrogen-bond acceptors (Lipinski definition) is 4. The Hall–Kier alpha value is -2.73. The first kappa shape index (κ1) is 21.6. The zero-order chi connectivity index (χ0) is 20.7. The van der Waals surface area contributed by atoms with Crippen LogP contribution in [0, 0.1) is 5.92 Å². The van der Waals surface area contributed by atoms with Crippen LogP contribution in [0.3, 0.4) is 0 Å². The lowest BCUT2D eigenvalue weighted by Gasteiger charge is -2.19. The minimum atomic E-state index is -0.318. The van der Waals surface area contributed by atoms with Gasteiger partial charge < -0.3 is 20.3 Å². The number of nitrogens with one attached hydrogen (secondary N) is 2. The van der Waals surface area contributed by atoms with Crippen molar-refractivity contribution in [1.29, 1.82) is 0 Å². The monoisotopic (exact) mass is 403 g/mol. The number of carbonyl (C=O) groups excluding carboxylic acids is 2. The molecule has 0 saturated carbocycles. The van der Waals surface area contributed by atoms with E-state index in [-0.39, 0.29) is 18.4 Å². The second-order valence-corrected chi connectivity index (χ2v) is 7.46. The molecule has 2 aromatic carbocycles. The molecule has 28 heavy (non-hydrogen) atoms. The molecule has 0 aliphatic rings. The quantitative estimate of drug-likeness (QED) is 0.703. The average Bonchev–Trinajstić information content (AvgIpc) is 2.65. The van der Waals surface area contributed by atoms with Gasteiger partial charge in [-0.3, -0.25) is 9.59 Å². The first-order chi connectivity index (χ1) is 13.3. The third kappa shape index (κ3) is 6.46. The van der Waals surface area contributed by atoms with E-state index < -0.39 is 0 Å². The highest BCUT2D eigenvalue weighted by molar-refractivity contribution is 6.30. The number of anilines is 2. The van der Waals surface area contributed by atoms with Crippen LogP contribution in [-0.4, -0.2) is 39.1 Å². The van der Waals surface area contributed by atoms with Crippen LogP contribution in [0.4, 0.5) is 11.4 Å². The number of halogens is 1. The summed E-state index contributed by atoms with van der Waals surface area (Å²) in [5, 5.41) is 6.27. The Labute approximate surface area is 170 Å². The molecule has 150 valence electrons. The van der Waals surface area contributed by atoms with Crippen molar-refractivity contribution in [2.75, 3.05) is 37.5 Å². The summed E-state index contributed by atoms with van der Waals surface area (Å²) in [7, 11) is 3.74. The van der Waals surface area contributed by atoms with Gasteiger partial charge in [0.05, 0.1) is 5.56 Å². The number of ether oxygens (including phenoxy) is 1. The molecule has 0 aliphatic heterocycles. The van der Waals surface area contributed by atoms with E-state index in [1.165, 1.54) is 0 Å². The van der Waals surface area contributed by atoms with Crippen LogP contribution in [0.25, 0.3) is 0 Å². The summed E-state index contributed by atoms with van der Waals surface area (Å²) in [4.78, 5) is 26.6. The fourth-order valence-corrected chi connectivity index (χ4v) is 2.58. The molecular weight excluding hydrogens is 378 g/mol. The standard InChI is InChI=1S/C21H26ClN3O3/c1-14(2)12-23-21(27)18-11-16(7-10-19(18)25(3)4)24-20(26)13-28-17-8-5-15(22)6-9-17/h5-11,14H,12-13H2,1-4H3,(H,23,27)(H,24,26). The van der Waals surface area contributed by atoms with Crippen molar-refractivity contribution in [3.05, 3.63) is 53.1 Å². The van der Waals surface area contributed by atoms with Crippen LogP contribution in [0.1, 0.15) is 24.2 Å². The first-order valence-electron chi connectivity index (χ1n) is 9.04. The lowest BCUT2D eigenvalue weighted by Crippen LogP contribution is -2.29. The molecule has 2 N–H and O–H groups in total. The first-order valence-corrected chi connectivity index (χ1v) is 9.42. The summed E-state index contributed by atoms with van der Waals surface area (Å²) in [5.74, 6) is 0.405. The molecule has 0 aliphatic carbocycles. The Kier molecular flexibility index (Phi) is 7.70. The zero-order valence-electron chi connectivity index (χ0n) is 16.6. The highest BCUT2D eigenvalue weighted by atomic mass is 35.5. The maximum Gasteiger partial charge on any atom is 0.262 e. The summed E-state index contributed by atoms with van der Waals surface area (Å²) < 4.78 is 5.44. The molecule has 0 bridgehead atoms. The average molecular weight is 404 g/mol. The van der Waals surface area contributed by atoms with Crippen LogP contribution < -0.4 is 20.3 Å². The molecule has 0 unspecified atom stereocenters. The van der Waals surface area contributed by atoms with Gasteiger partial charge >= 0.3 is 0 Å². The number of rotatable bonds is 8. The van der Waals surface area contributed by atoms with Gasteiger partial charge in [0.15, 0.2) is 6.61 Å². The maximum atomic E-state index is 12.6. The molecule has 0 saturated heterocycles. The van der Waals surface area contributed by atoms with E-state index in [4.69, 9.17) is 16.3 Å². The number of nitrogens with zero attached hydrogens (tertiary/aromatic N) is 1. The van der Waals surface area contributed by atoms with Gasteiger partial charge in [-0.15, -0.1) is 0 Å². The SMILES string of the molecule is CC(C)CNC(=O)c1cc(NC(=O)COc2ccc(Cl)cc2)ccc1N(C)C. The number of amides is 2. The topological polar surface area (TPSA) is 70.7 Å². The van der Waals surface area contributed by atoms with Gasteiger partial charge in [0.25, 0.3) is 11.8 Å². The minimum Gasteiger partial charge on any atom is -0.484 e. The summed E-state index contributed by atoms with van der Waals surface area (Å²) in [6.07, 6.45) is 0. The highest BCUT2D eigenvalue weighted by Crippen LogP contribution is 2.23. The minimum absolute atomic E-state index is 0.147. The fourth-order valence-electron chi connectivity index (χ4n) is 2.45. The summed E-state index contributed by atoms with van der Waals surface area (Å²) >= 11 is 5.83. The van der Waals surface area contributed by atoms with E-state index in [9.17, 15) is 9.59 Å². The normalized spacial score (nSPS) is 10.5. The lowest BCUT2D eigenvalue weighted by molar-refractivity contribution is -0.118. The largest absolute Gasteiger partial charge is 0.484 e. The molecule has 7 heteroatoms. The Balaban J connectivity index is 2.05. The molecule has 0 spiro atoms. The van der Waals surface area contributed by atoms with Gasteiger partial charge in [-0.05, 0) is 48.4 Å². The summed E-state index contributed by atoms with van der Waals surface area (Å²) in [6.45, 7) is 4.50. The van der Waals surface area contributed by atoms with Gasteiger partial charge in [0, 0.05) is 37.0 Å². The predicted molar refractivity (Wildman–Crippen MR) is 114 cm³/mol. The van der Waals surface area contributed by atoms with Crippen molar-refractivity contribution in [3.63, 3.8) is 0 Å². The van der Waals surface area contributed by atoms with E-state index in [1.54, 1.807) is 42.5 Å². The molecule has 0 aromatic heterocycles. The molecule has 0 atom stereocenters. The molecule has 2 amide bonds. The Morgan fingerprint density at radius 3 is 2.39 bits per heavy atom. The second-order valence-electron chi connectivity index (χ2n) is 7.02. The molecule has 0 fully saturated rings. The van der Waals surface area contributed by atoms with Crippen molar-refractivity contribution in [2.45, 2.75) is 13.8 Å². The van der Waals surface area contributed by atoms with E-state index >= 15 is 0 Å². The highest BCUT2D eigenvalue weighted by Gasteiger charge is 2.15. The third-order valence-corrected chi connectivity index (χ3v) is 4.11. The van der Waals surface area contributed by atoms with Crippen LogP contribution in [0.15, 0.2) is 42.5 Å². The smallest absolute Gasteiger partial charge is 0.262 e. The third-order valence-electron chi connectivity index (χ3n) is 3.86. The van der Waals surface area contributed by atoms with Gasteiger partial charge in [-0.2, -0.15) is 0 Å². The maximum absolute atomic E-state index is 12.6. The van der Waals surface area contributed by atoms with Gasteiger partial charge in [-0.25, -0.2) is 0 Å². The number of benzene rings is 2. The Morgan fingerprint density at radius 2 is 1.79 bits per heavy atom. The molecule has 2 aromatic rings. The molecule has 2 rings (SSSR count). The van der Waals surface area contributed by atoms with Crippen LogP contribution in [0.2, 0.25) is 5.02 Å². The Bertz CT molecular complexity index is 820. The number of carbonyl (C=O) groups is 2. The van der Waals surface area contributed by atoms with Gasteiger partial charge in [0.2, 0.25) is 0 Å². The lowest BCUT2D eigenvalue weighted by atomic mass is 10.1. The van der Waals surface area contributed by atoms with Gasteiger partial charge in [0.1, 0.15) is 5.75 Å². The summed E-state index contributed by atoms with van der Waals surface area (Å²) in [5.41, 5.74) is 1.81. The van der Waals surface area contributed by atoms with Crippen LogP contribution in [-0.2, 0) is 4.79 Å². The van der Waals surface area contributed by atoms with E-state index in [1.807, 2.05) is 32.8 Å². The molecular formula is C21H26ClN3O3. The van der Waals surface area contributed by atoms with E-state index in [0.717, 1.165) is 5.69 Å². The van der Waals surface area contributed by atoms with E-state index in [2.05, 4.69) is 10.6 Å². The molecule has 6 nitrogen and oxygen atoms in total. The number of hydrogen-bond donors (Lipinski definition) is 2. The predicted octanol–water partition coefficient (Wildman–Crippen LogP) is 3.81. The van der Waals surface area contributed by atoms with Crippen LogP contribution in [0.5, 0.6) is 5.75 Å². The van der Waals surface area contributed by atoms with Crippen molar-refractivity contribution in [1.82, 2.24) is 5.32 Å². The van der Waals surface area contributed by atoms with Crippen molar-refractivity contribution < 1.29 is 14.3 Å². The van der Waals surface area contributed by atoms with Crippen LogP contribution >= 0.6 is 11.6 Å². The zero-order valence-corrected chi connectivity index (χ0v) is 17.3. The fraction of sp³-hybridized carbons (Fsp3) is 0.333. The van der Waals surface area contributed by atoms with E-state index in [0.29, 0.717) is 34.5 Å². The Morgan fingerprint density at radius 1 is 1.11 bits per heavy atom. The van der Waals surface area contributed by atoms with Crippen molar-refractivity contribution in [3.8, 4) is 5.75 Å². The molecule has 0 radical (unpaired) electrons.